The van der Waals surface area contributed by atoms with Crippen LogP contribution in [0.3, 0.4) is 0 Å². The molecule has 0 aliphatic carbocycles. The molecule has 0 saturated carbocycles. The lowest BCUT2D eigenvalue weighted by Gasteiger charge is -2.16. The van der Waals surface area contributed by atoms with Gasteiger partial charge in [-0.05, 0) is 66.9 Å². The van der Waals surface area contributed by atoms with Crippen LogP contribution in [-0.2, 0) is 11.2 Å². The van der Waals surface area contributed by atoms with Gasteiger partial charge in [-0.25, -0.2) is 4.98 Å². The zero-order valence-electron chi connectivity index (χ0n) is 20.0. The molecule has 0 unspecified atom stereocenters. The van der Waals surface area contributed by atoms with E-state index in [0.29, 0.717) is 23.6 Å². The fourth-order valence-electron chi connectivity index (χ4n) is 4.08. The van der Waals surface area contributed by atoms with Crippen molar-refractivity contribution < 1.29 is 14.3 Å². The van der Waals surface area contributed by atoms with Crippen molar-refractivity contribution in [3.8, 4) is 5.75 Å². The first-order chi connectivity index (χ1) is 17.6. The van der Waals surface area contributed by atoms with E-state index in [-0.39, 0.29) is 11.8 Å². The maximum Gasteiger partial charge on any atom is 0.255 e. The highest BCUT2D eigenvalue weighted by molar-refractivity contribution is 8.01. The number of fused-ring (bicyclic) bond motifs is 2. The standard InChI is InChI=1S/C28H27N3O3S2/c1-2-3-16-34-22-11-8-20(9-12-22)27(33)29-21-10-13-23-25(17-21)36-28(30-23)35-18-26(32)31-15-14-19-6-4-5-7-24(19)31/h4-13,17H,2-3,14-16,18H2,1H3,(H,29,33). The Morgan fingerprint density at radius 1 is 1.11 bits per heavy atom. The van der Waals surface area contributed by atoms with E-state index < -0.39 is 0 Å². The number of benzene rings is 3. The minimum absolute atomic E-state index is 0.0962. The number of rotatable bonds is 9. The van der Waals surface area contributed by atoms with Gasteiger partial charge in [-0.3, -0.25) is 9.59 Å². The van der Waals surface area contributed by atoms with E-state index in [0.717, 1.165) is 51.8 Å². The molecule has 2 heterocycles. The molecule has 3 aromatic carbocycles. The summed E-state index contributed by atoms with van der Waals surface area (Å²) in [6.45, 7) is 3.53. The zero-order chi connectivity index (χ0) is 24.9. The fraction of sp³-hybridized carbons (Fsp3) is 0.250. The molecule has 36 heavy (non-hydrogen) atoms. The number of hydrogen-bond donors (Lipinski definition) is 1. The number of amides is 2. The van der Waals surface area contributed by atoms with E-state index >= 15 is 0 Å². The topological polar surface area (TPSA) is 71.5 Å². The second kappa shape index (κ2) is 11.1. The Morgan fingerprint density at radius 3 is 2.78 bits per heavy atom. The zero-order valence-corrected chi connectivity index (χ0v) is 21.7. The Hall–Kier alpha value is -3.36. The minimum atomic E-state index is -0.176. The number of carbonyl (C=O) groups is 2. The SMILES string of the molecule is CCCCOc1ccc(C(=O)Nc2ccc3nc(SCC(=O)N4CCc5ccccc54)sc3c2)cc1. The predicted octanol–water partition coefficient (Wildman–Crippen LogP) is 6.41. The fourth-order valence-corrected chi connectivity index (χ4v) is 6.07. The number of thiazole rings is 1. The molecule has 4 aromatic rings. The van der Waals surface area contributed by atoms with Crippen LogP contribution in [0.1, 0.15) is 35.7 Å². The van der Waals surface area contributed by atoms with Crippen molar-refractivity contribution in [2.45, 2.75) is 30.5 Å². The monoisotopic (exact) mass is 517 g/mol. The molecule has 6 nitrogen and oxygen atoms in total. The van der Waals surface area contributed by atoms with Gasteiger partial charge in [-0.15, -0.1) is 11.3 Å². The van der Waals surface area contributed by atoms with E-state index in [2.05, 4.69) is 23.3 Å². The Bertz CT molecular complexity index is 1380. The quantitative estimate of drug-likeness (QED) is 0.205. The molecule has 0 atom stereocenters. The number of thioether (sulfide) groups is 1. The van der Waals surface area contributed by atoms with Crippen molar-refractivity contribution in [1.29, 1.82) is 0 Å². The van der Waals surface area contributed by atoms with Crippen molar-refractivity contribution in [2.24, 2.45) is 0 Å². The van der Waals surface area contributed by atoms with Gasteiger partial charge < -0.3 is 15.0 Å². The molecule has 0 radical (unpaired) electrons. The third kappa shape index (κ3) is 5.55. The molecule has 8 heteroatoms. The normalized spacial score (nSPS) is 12.5. The molecule has 0 saturated heterocycles. The number of para-hydroxylation sites is 1. The van der Waals surface area contributed by atoms with Crippen LogP contribution in [0, 0.1) is 0 Å². The highest BCUT2D eigenvalue weighted by atomic mass is 32.2. The average Bonchev–Trinajstić information content (AvgIpc) is 3.51. The van der Waals surface area contributed by atoms with Gasteiger partial charge in [0.25, 0.3) is 5.91 Å². The van der Waals surface area contributed by atoms with Crippen molar-refractivity contribution in [3.05, 3.63) is 77.9 Å². The smallest absolute Gasteiger partial charge is 0.255 e. The summed E-state index contributed by atoms with van der Waals surface area (Å²) in [6.07, 6.45) is 2.99. The van der Waals surface area contributed by atoms with Gasteiger partial charge in [-0.2, -0.15) is 0 Å². The van der Waals surface area contributed by atoms with Gasteiger partial charge in [0, 0.05) is 23.5 Å². The molecule has 1 aliphatic rings. The summed E-state index contributed by atoms with van der Waals surface area (Å²) < 4.78 is 7.47. The van der Waals surface area contributed by atoms with Crippen LogP contribution in [0.15, 0.2) is 71.1 Å². The van der Waals surface area contributed by atoms with Crippen LogP contribution in [-0.4, -0.2) is 35.7 Å². The van der Waals surface area contributed by atoms with E-state index in [1.165, 1.54) is 28.7 Å². The number of nitrogens with one attached hydrogen (secondary N) is 1. The van der Waals surface area contributed by atoms with Crippen LogP contribution in [0.25, 0.3) is 10.2 Å². The summed E-state index contributed by atoms with van der Waals surface area (Å²) in [6, 6.07) is 20.9. The molecule has 184 valence electrons. The minimum Gasteiger partial charge on any atom is -0.494 e. The summed E-state index contributed by atoms with van der Waals surface area (Å²) in [5, 5.41) is 2.96. The van der Waals surface area contributed by atoms with Crippen LogP contribution >= 0.6 is 23.1 Å². The maximum atomic E-state index is 12.8. The van der Waals surface area contributed by atoms with Gasteiger partial charge in [0.1, 0.15) is 5.75 Å². The lowest BCUT2D eigenvalue weighted by molar-refractivity contribution is -0.116. The molecule has 2 amide bonds. The summed E-state index contributed by atoms with van der Waals surface area (Å²) in [7, 11) is 0. The third-order valence-corrected chi connectivity index (χ3v) is 8.16. The number of ether oxygens (including phenoxy) is 1. The molecule has 5 rings (SSSR count). The summed E-state index contributed by atoms with van der Waals surface area (Å²) >= 11 is 2.99. The van der Waals surface area contributed by atoms with Gasteiger partial charge >= 0.3 is 0 Å². The van der Waals surface area contributed by atoms with E-state index in [1.807, 2.05) is 53.4 Å². The largest absolute Gasteiger partial charge is 0.494 e. The predicted molar refractivity (Wildman–Crippen MR) is 148 cm³/mol. The summed E-state index contributed by atoms with van der Waals surface area (Å²) in [4.78, 5) is 32.1. The highest BCUT2D eigenvalue weighted by Gasteiger charge is 2.24. The molecule has 1 N–H and O–H groups in total. The van der Waals surface area contributed by atoms with Crippen LogP contribution < -0.4 is 15.0 Å². The van der Waals surface area contributed by atoms with E-state index in [4.69, 9.17) is 4.74 Å². The molecular weight excluding hydrogens is 490 g/mol. The number of aromatic nitrogens is 1. The van der Waals surface area contributed by atoms with Gasteiger partial charge in [0.05, 0.1) is 22.6 Å². The maximum absolute atomic E-state index is 12.8. The number of unbranched alkanes of at least 4 members (excludes halogenated alkanes) is 1. The molecule has 0 bridgehead atoms. The van der Waals surface area contributed by atoms with Crippen LogP contribution in [0.2, 0.25) is 0 Å². The second-order valence-electron chi connectivity index (χ2n) is 8.56. The summed E-state index contributed by atoms with van der Waals surface area (Å²) in [5.41, 5.74) is 4.38. The second-order valence-corrected chi connectivity index (χ2v) is 10.8. The van der Waals surface area contributed by atoms with Gasteiger partial charge in [0.15, 0.2) is 4.34 Å². The van der Waals surface area contributed by atoms with Crippen molar-refractivity contribution in [3.63, 3.8) is 0 Å². The number of nitrogens with zero attached hydrogens (tertiary/aromatic N) is 2. The molecule has 1 aliphatic heterocycles. The first-order valence-electron chi connectivity index (χ1n) is 12.1. The molecule has 1 aromatic heterocycles. The lowest BCUT2D eigenvalue weighted by atomic mass is 10.2. The molecule has 0 spiro atoms. The number of anilines is 2. The molecular formula is C28H27N3O3S2. The number of hydrogen-bond acceptors (Lipinski definition) is 6. The lowest BCUT2D eigenvalue weighted by Crippen LogP contribution is -2.30. The van der Waals surface area contributed by atoms with Gasteiger partial charge in [-0.1, -0.05) is 43.3 Å². The van der Waals surface area contributed by atoms with Crippen molar-refractivity contribution in [1.82, 2.24) is 4.98 Å². The Kier molecular flexibility index (Phi) is 7.53. The van der Waals surface area contributed by atoms with Crippen molar-refractivity contribution in [2.75, 3.05) is 29.1 Å². The van der Waals surface area contributed by atoms with Crippen molar-refractivity contribution >= 4 is 56.5 Å². The van der Waals surface area contributed by atoms with Crippen LogP contribution in [0.5, 0.6) is 5.75 Å². The average molecular weight is 518 g/mol. The summed E-state index contributed by atoms with van der Waals surface area (Å²) in [5.74, 6) is 1.03. The Labute approximate surface area is 218 Å². The Morgan fingerprint density at radius 2 is 1.94 bits per heavy atom. The molecule has 0 fully saturated rings. The van der Waals surface area contributed by atoms with E-state index in [1.54, 1.807) is 12.1 Å². The first kappa shape index (κ1) is 24.3. The number of carbonyl (C=O) groups excluding carboxylic acids is 2. The first-order valence-corrected chi connectivity index (χ1v) is 13.9. The van der Waals surface area contributed by atoms with Gasteiger partial charge in [0.2, 0.25) is 5.91 Å². The van der Waals surface area contributed by atoms with Crippen LogP contribution in [0.4, 0.5) is 11.4 Å². The van der Waals surface area contributed by atoms with E-state index in [9.17, 15) is 9.59 Å². The highest BCUT2D eigenvalue weighted by Crippen LogP contribution is 2.33. The third-order valence-electron chi connectivity index (χ3n) is 6.02. The Balaban J connectivity index is 1.19.